The van der Waals surface area contributed by atoms with E-state index < -0.39 is 10.9 Å². The second kappa shape index (κ2) is 5.89. The van der Waals surface area contributed by atoms with Gasteiger partial charge >= 0.3 is 5.97 Å². The highest BCUT2D eigenvalue weighted by Gasteiger charge is 2.12. The number of carbonyl (C=O) groups is 1. The Morgan fingerprint density at radius 3 is 2.75 bits per heavy atom. The minimum atomic E-state index is -1.13. The molecule has 0 unspecified atom stereocenters. The molecule has 6 nitrogen and oxygen atoms in total. The lowest BCUT2D eigenvalue weighted by molar-refractivity contribution is -0.385. The Morgan fingerprint density at radius 1 is 1.35 bits per heavy atom. The summed E-state index contributed by atoms with van der Waals surface area (Å²) in [6.45, 7) is 0. The molecule has 0 atom stereocenters. The molecular weight excluding hydrogens is 304 g/mol. The maximum absolute atomic E-state index is 11.0. The van der Waals surface area contributed by atoms with Gasteiger partial charge in [-0.25, -0.2) is 9.78 Å². The summed E-state index contributed by atoms with van der Waals surface area (Å²) in [5.41, 5.74) is -0.1000. The molecule has 0 spiro atoms. The van der Waals surface area contributed by atoms with Gasteiger partial charge in [0.25, 0.3) is 5.69 Å². The molecule has 0 bridgehead atoms. The van der Waals surface area contributed by atoms with E-state index in [0.29, 0.717) is 9.92 Å². The van der Waals surface area contributed by atoms with Crippen LogP contribution in [0.5, 0.6) is 0 Å². The zero-order valence-electron chi connectivity index (χ0n) is 9.82. The van der Waals surface area contributed by atoms with Gasteiger partial charge in [0.15, 0.2) is 0 Å². The van der Waals surface area contributed by atoms with Gasteiger partial charge in [-0.2, -0.15) is 0 Å². The number of aromatic carboxylic acids is 1. The molecule has 20 heavy (non-hydrogen) atoms. The number of benzene rings is 1. The van der Waals surface area contributed by atoms with Gasteiger partial charge in [-0.3, -0.25) is 10.1 Å². The molecule has 1 aromatic heterocycles. The van der Waals surface area contributed by atoms with E-state index in [-0.39, 0.29) is 16.3 Å². The molecule has 0 saturated heterocycles. The quantitative estimate of drug-likeness (QED) is 0.686. The van der Waals surface area contributed by atoms with Crippen LogP contribution in [-0.4, -0.2) is 21.0 Å². The average Bonchev–Trinajstić information content (AvgIpc) is 2.41. The van der Waals surface area contributed by atoms with Crippen molar-refractivity contribution in [1.82, 2.24) is 4.98 Å². The van der Waals surface area contributed by atoms with E-state index in [9.17, 15) is 14.9 Å². The third-order valence-corrected chi connectivity index (χ3v) is 3.57. The number of aromatic nitrogens is 1. The van der Waals surface area contributed by atoms with Gasteiger partial charge in [0, 0.05) is 23.2 Å². The van der Waals surface area contributed by atoms with Crippen LogP contribution in [0.25, 0.3) is 0 Å². The van der Waals surface area contributed by atoms with Gasteiger partial charge in [-0.05, 0) is 18.2 Å². The summed E-state index contributed by atoms with van der Waals surface area (Å²) in [5.74, 6) is -1.13. The van der Waals surface area contributed by atoms with Crippen molar-refractivity contribution in [2.45, 2.75) is 9.92 Å². The molecule has 2 aromatic rings. The van der Waals surface area contributed by atoms with E-state index in [2.05, 4.69) is 4.98 Å². The van der Waals surface area contributed by atoms with E-state index in [1.54, 1.807) is 6.07 Å². The van der Waals surface area contributed by atoms with Crippen LogP contribution in [-0.2, 0) is 0 Å². The predicted octanol–water partition coefficient (Wildman–Crippen LogP) is 3.49. The summed E-state index contributed by atoms with van der Waals surface area (Å²) in [6, 6.07) is 7.09. The lowest BCUT2D eigenvalue weighted by atomic mass is 10.2. The van der Waals surface area contributed by atoms with Crippen molar-refractivity contribution in [3.05, 3.63) is 57.2 Å². The molecule has 0 aliphatic rings. The molecule has 0 amide bonds. The highest BCUT2D eigenvalue weighted by atomic mass is 35.5. The molecular formula is C12H7ClN2O4S. The number of carboxylic acid groups (broad SMARTS) is 1. The molecule has 0 aliphatic heterocycles. The first kappa shape index (κ1) is 14.3. The molecule has 8 heteroatoms. The standard InChI is InChI=1S/C12H7ClN2O4S/c13-10-2-1-8(6-9(10)12(16)17)20-11-5-7(15(18)19)3-4-14-11/h1-6H,(H,16,17). The SMILES string of the molecule is O=C(O)c1cc(Sc2cc([N+](=O)[O-])ccn2)ccc1Cl. The molecule has 0 radical (unpaired) electrons. The topological polar surface area (TPSA) is 93.3 Å². The fourth-order valence-electron chi connectivity index (χ4n) is 1.42. The number of hydrogen-bond donors (Lipinski definition) is 1. The third kappa shape index (κ3) is 3.25. The predicted molar refractivity (Wildman–Crippen MR) is 73.4 cm³/mol. The molecule has 1 aromatic carbocycles. The number of nitrogens with zero attached hydrogens (tertiary/aromatic N) is 2. The van der Waals surface area contributed by atoms with E-state index >= 15 is 0 Å². The molecule has 102 valence electrons. The lowest BCUT2D eigenvalue weighted by Gasteiger charge is -2.04. The first-order valence-electron chi connectivity index (χ1n) is 5.28. The number of carboxylic acids is 1. The van der Waals surface area contributed by atoms with Crippen LogP contribution in [0.2, 0.25) is 5.02 Å². The van der Waals surface area contributed by atoms with Crippen LogP contribution in [0, 0.1) is 10.1 Å². The number of rotatable bonds is 4. The van der Waals surface area contributed by atoms with Crippen LogP contribution < -0.4 is 0 Å². The van der Waals surface area contributed by atoms with Crippen LogP contribution in [0.15, 0.2) is 46.5 Å². The molecule has 1 N–H and O–H groups in total. The molecule has 2 rings (SSSR count). The van der Waals surface area contributed by atoms with Gasteiger partial charge in [-0.15, -0.1) is 0 Å². The van der Waals surface area contributed by atoms with Crippen molar-refractivity contribution >= 4 is 35.0 Å². The Morgan fingerprint density at radius 2 is 2.10 bits per heavy atom. The van der Waals surface area contributed by atoms with Crippen LogP contribution in [0.3, 0.4) is 0 Å². The minimum Gasteiger partial charge on any atom is -0.478 e. The largest absolute Gasteiger partial charge is 0.478 e. The van der Waals surface area contributed by atoms with E-state index in [1.165, 1.54) is 30.5 Å². The summed E-state index contributed by atoms with van der Waals surface area (Å²) in [7, 11) is 0. The zero-order valence-corrected chi connectivity index (χ0v) is 11.4. The zero-order chi connectivity index (χ0) is 14.7. The normalized spacial score (nSPS) is 10.2. The van der Waals surface area contributed by atoms with Gasteiger partial charge in [0.05, 0.1) is 15.5 Å². The van der Waals surface area contributed by atoms with E-state index in [4.69, 9.17) is 16.7 Å². The smallest absolute Gasteiger partial charge is 0.337 e. The highest BCUT2D eigenvalue weighted by Crippen LogP contribution is 2.30. The Bertz CT molecular complexity index is 693. The van der Waals surface area contributed by atoms with E-state index in [0.717, 1.165) is 11.8 Å². The Kier molecular flexibility index (Phi) is 4.21. The Labute approximate surface area is 122 Å². The van der Waals surface area contributed by atoms with Gasteiger partial charge in [-0.1, -0.05) is 23.4 Å². The van der Waals surface area contributed by atoms with Crippen LogP contribution in [0.1, 0.15) is 10.4 Å². The number of pyridine rings is 1. The lowest BCUT2D eigenvalue weighted by Crippen LogP contribution is -1.97. The first-order chi connectivity index (χ1) is 9.47. The van der Waals surface area contributed by atoms with Crippen LogP contribution >= 0.6 is 23.4 Å². The first-order valence-corrected chi connectivity index (χ1v) is 6.48. The van der Waals surface area contributed by atoms with Gasteiger partial charge in [0.2, 0.25) is 0 Å². The molecule has 0 saturated carbocycles. The van der Waals surface area contributed by atoms with Crippen molar-refractivity contribution in [1.29, 1.82) is 0 Å². The molecule has 0 fully saturated rings. The minimum absolute atomic E-state index is 0.0258. The monoisotopic (exact) mass is 310 g/mol. The Balaban J connectivity index is 2.30. The van der Waals surface area contributed by atoms with Crippen molar-refractivity contribution < 1.29 is 14.8 Å². The fourth-order valence-corrected chi connectivity index (χ4v) is 2.47. The second-order valence-corrected chi connectivity index (χ2v) is 5.16. The van der Waals surface area contributed by atoms with Crippen LogP contribution in [0.4, 0.5) is 5.69 Å². The maximum Gasteiger partial charge on any atom is 0.337 e. The van der Waals surface area contributed by atoms with E-state index in [1.807, 2.05) is 0 Å². The molecule has 1 heterocycles. The maximum atomic E-state index is 11.0. The summed E-state index contributed by atoms with van der Waals surface area (Å²) in [6.07, 6.45) is 1.33. The van der Waals surface area contributed by atoms with Crippen molar-refractivity contribution in [3.63, 3.8) is 0 Å². The van der Waals surface area contributed by atoms with Gasteiger partial charge in [0.1, 0.15) is 5.03 Å². The summed E-state index contributed by atoms with van der Waals surface area (Å²) in [4.78, 5) is 25.7. The second-order valence-electron chi connectivity index (χ2n) is 3.66. The van der Waals surface area contributed by atoms with Crippen molar-refractivity contribution in [2.75, 3.05) is 0 Å². The number of halogens is 1. The summed E-state index contributed by atoms with van der Waals surface area (Å²) >= 11 is 6.89. The fraction of sp³-hybridized carbons (Fsp3) is 0. The summed E-state index contributed by atoms with van der Waals surface area (Å²) < 4.78 is 0. The van der Waals surface area contributed by atoms with Crippen molar-refractivity contribution in [3.8, 4) is 0 Å². The number of nitro groups is 1. The van der Waals surface area contributed by atoms with Gasteiger partial charge < -0.3 is 5.11 Å². The third-order valence-electron chi connectivity index (χ3n) is 2.32. The Hall–Kier alpha value is -2.12. The van der Waals surface area contributed by atoms with Crippen molar-refractivity contribution in [2.24, 2.45) is 0 Å². The highest BCUT2D eigenvalue weighted by molar-refractivity contribution is 7.99. The molecule has 0 aliphatic carbocycles. The summed E-state index contributed by atoms with van der Waals surface area (Å²) in [5, 5.41) is 20.2. The number of hydrogen-bond acceptors (Lipinski definition) is 5. The average molecular weight is 311 g/mol.